The minimum Gasteiger partial charge on any atom is -0.480 e. The maximum absolute atomic E-state index is 13.2. The molecule has 0 bridgehead atoms. The van der Waals surface area contributed by atoms with Gasteiger partial charge in [0.05, 0.1) is 25.2 Å². The Morgan fingerprint density at radius 2 is 1.63 bits per heavy atom. The van der Waals surface area contributed by atoms with E-state index >= 15 is 0 Å². The summed E-state index contributed by atoms with van der Waals surface area (Å²) in [6.45, 7) is 6.15. The monoisotopic (exact) mass is 480 g/mol. The van der Waals surface area contributed by atoms with Crippen LogP contribution in [0.15, 0.2) is 48.5 Å². The molecule has 4 rings (SSSR count). The van der Waals surface area contributed by atoms with Crippen molar-refractivity contribution in [1.82, 2.24) is 10.2 Å². The Hall–Kier alpha value is -3.39. The van der Waals surface area contributed by atoms with E-state index in [-0.39, 0.29) is 43.6 Å². The molecule has 0 saturated carbocycles. The van der Waals surface area contributed by atoms with Crippen LogP contribution in [-0.4, -0.2) is 66.9 Å². The zero-order chi connectivity index (χ0) is 25.2. The molecule has 2 unspecified atom stereocenters. The van der Waals surface area contributed by atoms with Gasteiger partial charge in [0.2, 0.25) is 5.91 Å². The Balaban J connectivity index is 1.40. The molecule has 2 aliphatic rings. The van der Waals surface area contributed by atoms with E-state index in [0.717, 1.165) is 22.3 Å². The van der Waals surface area contributed by atoms with Crippen LogP contribution in [0.25, 0.3) is 11.1 Å². The number of hydrogen-bond donors (Lipinski definition) is 2. The molecule has 2 N–H and O–H groups in total. The number of carboxylic acids is 1. The minimum absolute atomic E-state index is 0.0664. The van der Waals surface area contributed by atoms with Gasteiger partial charge in [-0.15, -0.1) is 0 Å². The molecule has 8 nitrogen and oxygen atoms in total. The van der Waals surface area contributed by atoms with Gasteiger partial charge in [-0.1, -0.05) is 69.3 Å². The van der Waals surface area contributed by atoms with E-state index in [0.29, 0.717) is 0 Å². The van der Waals surface area contributed by atoms with E-state index in [1.165, 1.54) is 4.90 Å². The van der Waals surface area contributed by atoms with E-state index < -0.39 is 30.6 Å². The Kier molecular flexibility index (Phi) is 7.12. The Bertz CT molecular complexity index is 1060. The van der Waals surface area contributed by atoms with Gasteiger partial charge in [0, 0.05) is 12.5 Å². The predicted octanol–water partition coefficient (Wildman–Crippen LogP) is 3.50. The fourth-order valence-corrected chi connectivity index (χ4v) is 4.91. The number of nitrogens with one attached hydrogen (secondary N) is 1. The number of rotatable bonds is 7. The van der Waals surface area contributed by atoms with Crippen molar-refractivity contribution in [3.05, 3.63) is 59.7 Å². The van der Waals surface area contributed by atoms with Crippen molar-refractivity contribution in [3.63, 3.8) is 0 Å². The van der Waals surface area contributed by atoms with Crippen LogP contribution in [0, 0.1) is 11.3 Å². The maximum atomic E-state index is 13.2. The number of ether oxygens (including phenoxy) is 2. The zero-order valence-electron chi connectivity index (χ0n) is 20.3. The van der Waals surface area contributed by atoms with Gasteiger partial charge in [-0.25, -0.2) is 4.79 Å². The molecule has 0 radical (unpaired) electrons. The third-order valence-corrected chi connectivity index (χ3v) is 6.35. The van der Waals surface area contributed by atoms with Gasteiger partial charge in [0.15, 0.2) is 0 Å². The summed E-state index contributed by atoms with van der Waals surface area (Å²) in [4.78, 5) is 38.6. The van der Waals surface area contributed by atoms with Crippen molar-refractivity contribution in [2.45, 2.75) is 32.7 Å². The Morgan fingerprint density at radius 1 is 1.03 bits per heavy atom. The summed E-state index contributed by atoms with van der Waals surface area (Å²) >= 11 is 0. The normalized spacial score (nSPS) is 19.1. The van der Waals surface area contributed by atoms with Gasteiger partial charge in [0.1, 0.15) is 13.2 Å². The number of benzene rings is 2. The molecule has 0 spiro atoms. The second kappa shape index (κ2) is 10.1. The molecule has 1 aliphatic heterocycles. The van der Waals surface area contributed by atoms with Crippen LogP contribution in [0.4, 0.5) is 4.79 Å². The third kappa shape index (κ3) is 5.65. The molecular weight excluding hydrogens is 448 g/mol. The summed E-state index contributed by atoms with van der Waals surface area (Å²) < 4.78 is 11.1. The number of carbonyl (C=O) groups is 3. The average molecular weight is 481 g/mol. The number of carbonyl (C=O) groups excluding carboxylic acids is 2. The lowest BCUT2D eigenvalue weighted by Gasteiger charge is -2.31. The lowest BCUT2D eigenvalue weighted by molar-refractivity contribution is -0.147. The zero-order valence-corrected chi connectivity index (χ0v) is 20.3. The number of amides is 2. The highest BCUT2D eigenvalue weighted by Gasteiger charge is 2.39. The number of alkyl carbamates (subject to hydrolysis) is 1. The third-order valence-electron chi connectivity index (χ3n) is 6.35. The molecule has 2 atom stereocenters. The van der Waals surface area contributed by atoms with E-state index in [4.69, 9.17) is 9.47 Å². The number of hydrogen-bond acceptors (Lipinski definition) is 5. The highest BCUT2D eigenvalue weighted by atomic mass is 16.5. The summed E-state index contributed by atoms with van der Waals surface area (Å²) in [6, 6.07) is 15.6. The Labute approximate surface area is 205 Å². The van der Waals surface area contributed by atoms with E-state index in [2.05, 4.69) is 17.4 Å². The molecule has 1 aliphatic carbocycles. The van der Waals surface area contributed by atoms with Crippen LogP contribution in [0.5, 0.6) is 0 Å². The fraction of sp³-hybridized carbons (Fsp3) is 0.444. The van der Waals surface area contributed by atoms with Crippen LogP contribution in [0.3, 0.4) is 0 Å². The first-order valence-corrected chi connectivity index (χ1v) is 11.8. The lowest BCUT2D eigenvalue weighted by Crippen LogP contribution is -2.50. The summed E-state index contributed by atoms with van der Waals surface area (Å²) in [7, 11) is 0. The fourth-order valence-electron chi connectivity index (χ4n) is 4.91. The minimum atomic E-state index is -1.08. The molecule has 2 amide bonds. The smallest absolute Gasteiger partial charge is 0.407 e. The summed E-state index contributed by atoms with van der Waals surface area (Å²) in [5.74, 6) is -2.16. The van der Waals surface area contributed by atoms with Crippen LogP contribution < -0.4 is 5.32 Å². The molecular formula is C27H32N2O6. The molecule has 1 heterocycles. The molecule has 186 valence electrons. The number of carboxylic acid groups (broad SMARTS) is 1. The summed E-state index contributed by atoms with van der Waals surface area (Å²) in [5, 5.41) is 12.1. The highest BCUT2D eigenvalue weighted by molar-refractivity contribution is 5.85. The standard InChI is InChI=1S/C27H32N2O6/c1-27(2,3)16-29(12-24(30)31)25(32)22-13-34-15-23(22)28-26(33)35-14-21-19-10-6-4-8-17(19)18-9-5-7-11-20(18)21/h4-11,21-23H,12-16H2,1-3H3,(H,28,33)(H,30,31). The quantitative estimate of drug-likeness (QED) is 0.629. The van der Waals surface area contributed by atoms with E-state index in [9.17, 15) is 19.5 Å². The van der Waals surface area contributed by atoms with Crippen LogP contribution in [0.2, 0.25) is 0 Å². The average Bonchev–Trinajstić information content (AvgIpc) is 3.38. The summed E-state index contributed by atoms with van der Waals surface area (Å²) in [6.07, 6.45) is -0.624. The molecule has 0 aromatic heterocycles. The first-order chi connectivity index (χ1) is 16.6. The molecule has 2 aromatic carbocycles. The van der Waals surface area contributed by atoms with E-state index in [1.807, 2.05) is 57.2 Å². The lowest BCUT2D eigenvalue weighted by atomic mass is 9.94. The van der Waals surface area contributed by atoms with Gasteiger partial charge in [-0.05, 0) is 27.7 Å². The van der Waals surface area contributed by atoms with Gasteiger partial charge in [-0.3, -0.25) is 9.59 Å². The molecule has 8 heteroatoms. The number of nitrogens with zero attached hydrogens (tertiary/aromatic N) is 1. The first kappa shape index (κ1) is 24.7. The van der Waals surface area contributed by atoms with Crippen molar-refractivity contribution in [3.8, 4) is 11.1 Å². The van der Waals surface area contributed by atoms with Gasteiger partial charge < -0.3 is 24.8 Å². The van der Waals surface area contributed by atoms with Crippen LogP contribution in [-0.2, 0) is 19.1 Å². The summed E-state index contributed by atoms with van der Waals surface area (Å²) in [5.41, 5.74) is 4.24. The SMILES string of the molecule is CC(C)(C)CN(CC(=O)O)C(=O)C1COCC1NC(=O)OCC1c2ccccc2-c2ccccc21. The van der Waals surface area contributed by atoms with E-state index in [1.54, 1.807) is 0 Å². The van der Waals surface area contributed by atoms with Crippen molar-refractivity contribution in [1.29, 1.82) is 0 Å². The molecule has 2 aromatic rings. The first-order valence-electron chi connectivity index (χ1n) is 11.8. The van der Waals surface area contributed by atoms with Crippen LogP contribution >= 0.6 is 0 Å². The number of aliphatic carboxylic acids is 1. The molecule has 1 fully saturated rings. The second-order valence-electron chi connectivity index (χ2n) is 10.4. The van der Waals surface area contributed by atoms with Crippen molar-refractivity contribution >= 4 is 18.0 Å². The number of fused-ring (bicyclic) bond motifs is 3. The second-order valence-corrected chi connectivity index (χ2v) is 10.4. The Morgan fingerprint density at radius 3 is 2.20 bits per heavy atom. The van der Waals surface area contributed by atoms with Crippen molar-refractivity contribution in [2.75, 3.05) is 32.9 Å². The van der Waals surface area contributed by atoms with Crippen molar-refractivity contribution < 1.29 is 29.0 Å². The van der Waals surface area contributed by atoms with Gasteiger partial charge >= 0.3 is 12.1 Å². The van der Waals surface area contributed by atoms with Gasteiger partial charge in [0.25, 0.3) is 0 Å². The predicted molar refractivity (Wildman–Crippen MR) is 130 cm³/mol. The van der Waals surface area contributed by atoms with Crippen molar-refractivity contribution in [2.24, 2.45) is 11.3 Å². The molecule has 1 saturated heterocycles. The maximum Gasteiger partial charge on any atom is 0.407 e. The highest BCUT2D eigenvalue weighted by Crippen LogP contribution is 2.44. The van der Waals surface area contributed by atoms with Gasteiger partial charge in [-0.2, -0.15) is 0 Å². The van der Waals surface area contributed by atoms with Crippen LogP contribution in [0.1, 0.15) is 37.8 Å². The topological polar surface area (TPSA) is 105 Å². The molecule has 35 heavy (non-hydrogen) atoms. The largest absolute Gasteiger partial charge is 0.480 e.